The number of hydrogen-bond acceptors (Lipinski definition) is 3. The minimum atomic E-state index is -0.0470. The summed E-state index contributed by atoms with van der Waals surface area (Å²) >= 11 is 0. The largest absolute Gasteiger partial charge is 0.496 e. The lowest BCUT2D eigenvalue weighted by molar-refractivity contribution is -0.138. The Balaban J connectivity index is 2.03. The van der Waals surface area contributed by atoms with Crippen molar-refractivity contribution in [2.45, 2.75) is 32.6 Å². The van der Waals surface area contributed by atoms with E-state index in [1.54, 1.807) is 7.11 Å². The van der Waals surface area contributed by atoms with E-state index in [9.17, 15) is 9.59 Å². The molecule has 1 saturated heterocycles. The van der Waals surface area contributed by atoms with Crippen LogP contribution in [0.1, 0.15) is 30.9 Å². The van der Waals surface area contributed by atoms with E-state index in [4.69, 9.17) is 4.74 Å². The van der Waals surface area contributed by atoms with Crippen LogP contribution in [0.25, 0.3) is 0 Å². The summed E-state index contributed by atoms with van der Waals surface area (Å²) in [6, 6.07) is 6.02. The molecule has 0 spiro atoms. The lowest BCUT2D eigenvalue weighted by atomic mass is 10.1. The Morgan fingerprint density at radius 1 is 1.21 bits per heavy atom. The second-order valence-corrected chi connectivity index (χ2v) is 4.69. The number of rotatable bonds is 5. The summed E-state index contributed by atoms with van der Waals surface area (Å²) in [6.07, 6.45) is 2.33. The van der Waals surface area contributed by atoms with Crippen molar-refractivity contribution in [1.82, 2.24) is 4.90 Å². The van der Waals surface area contributed by atoms with Gasteiger partial charge in [0.1, 0.15) is 5.75 Å². The number of aryl methyl sites for hydroxylation is 1. The van der Waals surface area contributed by atoms with Crippen LogP contribution in [-0.2, 0) is 22.4 Å². The number of amides is 2. The van der Waals surface area contributed by atoms with Gasteiger partial charge in [0.25, 0.3) is 0 Å². The Morgan fingerprint density at radius 3 is 2.47 bits per heavy atom. The molecule has 0 unspecified atom stereocenters. The summed E-state index contributed by atoms with van der Waals surface area (Å²) in [5.74, 6) is 0.794. The molecule has 0 saturated carbocycles. The quantitative estimate of drug-likeness (QED) is 0.761. The van der Waals surface area contributed by atoms with Gasteiger partial charge in [0.2, 0.25) is 11.8 Å². The molecular weight excluding hydrogens is 242 g/mol. The topological polar surface area (TPSA) is 46.6 Å². The molecule has 0 radical (unpaired) electrons. The number of likely N-dealkylation sites (tertiary alicyclic amines) is 1. The average Bonchev–Trinajstić information content (AvgIpc) is 2.75. The maximum atomic E-state index is 11.5. The number of benzene rings is 1. The summed E-state index contributed by atoms with van der Waals surface area (Å²) in [7, 11) is 1.66. The zero-order valence-electron chi connectivity index (χ0n) is 11.4. The fraction of sp³-hybridized carbons (Fsp3) is 0.467. The number of carbonyl (C=O) groups is 2. The molecule has 1 aromatic carbocycles. The highest BCUT2D eigenvalue weighted by Gasteiger charge is 2.28. The predicted molar refractivity (Wildman–Crippen MR) is 72.0 cm³/mol. The lowest BCUT2D eigenvalue weighted by Gasteiger charge is -2.14. The number of nitrogens with zero attached hydrogens (tertiary/aromatic N) is 1. The van der Waals surface area contributed by atoms with Crippen molar-refractivity contribution in [2.75, 3.05) is 13.7 Å². The molecule has 0 bridgehead atoms. The fourth-order valence-corrected chi connectivity index (χ4v) is 2.38. The maximum absolute atomic E-state index is 11.5. The van der Waals surface area contributed by atoms with Gasteiger partial charge >= 0.3 is 0 Å². The second kappa shape index (κ2) is 5.87. The molecule has 102 valence electrons. The van der Waals surface area contributed by atoms with Gasteiger partial charge in [0.05, 0.1) is 7.11 Å². The number of ether oxygens (including phenoxy) is 1. The molecule has 2 rings (SSSR count). The van der Waals surface area contributed by atoms with E-state index in [1.807, 2.05) is 12.1 Å². The summed E-state index contributed by atoms with van der Waals surface area (Å²) in [6.45, 7) is 2.56. The second-order valence-electron chi connectivity index (χ2n) is 4.69. The molecule has 4 nitrogen and oxygen atoms in total. The Morgan fingerprint density at radius 2 is 1.89 bits per heavy atom. The molecule has 0 aliphatic carbocycles. The van der Waals surface area contributed by atoms with Crippen molar-refractivity contribution in [3.05, 3.63) is 29.3 Å². The van der Waals surface area contributed by atoms with E-state index >= 15 is 0 Å². The highest BCUT2D eigenvalue weighted by Crippen LogP contribution is 2.21. The first-order chi connectivity index (χ1) is 9.15. The van der Waals surface area contributed by atoms with Gasteiger partial charge in [-0.2, -0.15) is 0 Å². The van der Waals surface area contributed by atoms with Gasteiger partial charge in [-0.15, -0.1) is 0 Å². The Kier molecular flexibility index (Phi) is 4.20. The summed E-state index contributed by atoms with van der Waals surface area (Å²) < 4.78 is 5.28. The third kappa shape index (κ3) is 2.95. The van der Waals surface area contributed by atoms with Crippen molar-refractivity contribution >= 4 is 11.8 Å². The van der Waals surface area contributed by atoms with Crippen LogP contribution in [0.4, 0.5) is 0 Å². The number of imide groups is 1. The average molecular weight is 261 g/mol. The molecule has 0 aromatic heterocycles. The first-order valence-corrected chi connectivity index (χ1v) is 6.64. The number of hydrogen-bond donors (Lipinski definition) is 0. The fourth-order valence-electron chi connectivity index (χ4n) is 2.38. The highest BCUT2D eigenvalue weighted by atomic mass is 16.5. The van der Waals surface area contributed by atoms with E-state index in [0.717, 1.165) is 23.3 Å². The first kappa shape index (κ1) is 13.6. The Hall–Kier alpha value is -1.84. The lowest BCUT2D eigenvalue weighted by Crippen LogP contribution is -2.31. The molecule has 1 fully saturated rings. The van der Waals surface area contributed by atoms with Crippen LogP contribution >= 0.6 is 0 Å². The van der Waals surface area contributed by atoms with Crippen LogP contribution in [0.2, 0.25) is 0 Å². The number of methoxy groups -OCH3 is 1. The molecule has 0 N–H and O–H groups in total. The van der Waals surface area contributed by atoms with Crippen molar-refractivity contribution in [3.8, 4) is 5.75 Å². The Labute approximate surface area is 113 Å². The molecule has 0 atom stereocenters. The zero-order valence-corrected chi connectivity index (χ0v) is 11.4. The van der Waals surface area contributed by atoms with Crippen molar-refractivity contribution in [3.63, 3.8) is 0 Å². The summed E-state index contributed by atoms with van der Waals surface area (Å²) in [5, 5.41) is 0. The molecule has 1 aliphatic heterocycles. The third-order valence-corrected chi connectivity index (χ3v) is 3.50. The standard InChI is InChI=1S/C15H19NO3/c1-3-12-10-11(4-5-13(12)19-2)8-9-16-14(17)6-7-15(16)18/h4-5,10H,3,6-9H2,1-2H3. The molecular formula is C15H19NO3. The van der Waals surface area contributed by atoms with Crippen molar-refractivity contribution in [1.29, 1.82) is 0 Å². The first-order valence-electron chi connectivity index (χ1n) is 6.64. The van der Waals surface area contributed by atoms with Crippen LogP contribution in [0, 0.1) is 0 Å². The maximum Gasteiger partial charge on any atom is 0.229 e. The monoisotopic (exact) mass is 261 g/mol. The normalized spacial score (nSPS) is 15.2. The smallest absolute Gasteiger partial charge is 0.229 e. The van der Waals surface area contributed by atoms with Crippen LogP contribution < -0.4 is 4.74 Å². The molecule has 4 heteroatoms. The van der Waals surface area contributed by atoms with E-state index in [1.165, 1.54) is 4.90 Å². The predicted octanol–water partition coefficient (Wildman–Crippen LogP) is 1.95. The molecule has 19 heavy (non-hydrogen) atoms. The molecule has 2 amide bonds. The van der Waals surface area contributed by atoms with Crippen molar-refractivity contribution < 1.29 is 14.3 Å². The van der Waals surface area contributed by atoms with Gasteiger partial charge in [-0.05, 0) is 30.0 Å². The number of carbonyl (C=O) groups excluding carboxylic acids is 2. The molecule has 1 aliphatic rings. The van der Waals surface area contributed by atoms with Gasteiger partial charge in [-0.25, -0.2) is 0 Å². The highest BCUT2D eigenvalue weighted by molar-refractivity contribution is 6.01. The van der Waals surface area contributed by atoms with Gasteiger partial charge in [-0.1, -0.05) is 19.1 Å². The van der Waals surface area contributed by atoms with Crippen LogP contribution in [0.15, 0.2) is 18.2 Å². The van der Waals surface area contributed by atoms with E-state index in [-0.39, 0.29) is 11.8 Å². The summed E-state index contributed by atoms with van der Waals surface area (Å²) in [4.78, 5) is 24.4. The minimum Gasteiger partial charge on any atom is -0.496 e. The van der Waals surface area contributed by atoms with Crippen molar-refractivity contribution in [2.24, 2.45) is 0 Å². The van der Waals surface area contributed by atoms with Gasteiger partial charge < -0.3 is 4.74 Å². The van der Waals surface area contributed by atoms with Crippen LogP contribution in [0.5, 0.6) is 5.75 Å². The SMILES string of the molecule is CCc1cc(CCN2C(=O)CCC2=O)ccc1OC. The molecule has 1 aromatic rings. The third-order valence-electron chi connectivity index (χ3n) is 3.50. The Bertz CT molecular complexity index is 480. The minimum absolute atomic E-state index is 0.0470. The van der Waals surface area contributed by atoms with Gasteiger partial charge in [-0.3, -0.25) is 14.5 Å². The van der Waals surface area contributed by atoms with E-state index < -0.39 is 0 Å². The zero-order chi connectivity index (χ0) is 13.8. The van der Waals surface area contributed by atoms with Crippen LogP contribution in [0.3, 0.4) is 0 Å². The van der Waals surface area contributed by atoms with E-state index in [2.05, 4.69) is 13.0 Å². The molecule has 1 heterocycles. The van der Waals surface area contributed by atoms with Gasteiger partial charge in [0.15, 0.2) is 0 Å². The van der Waals surface area contributed by atoms with Crippen LogP contribution in [-0.4, -0.2) is 30.4 Å². The van der Waals surface area contributed by atoms with E-state index in [0.29, 0.717) is 25.8 Å². The summed E-state index contributed by atoms with van der Waals surface area (Å²) in [5.41, 5.74) is 2.28. The van der Waals surface area contributed by atoms with Gasteiger partial charge in [0, 0.05) is 19.4 Å².